The van der Waals surface area contributed by atoms with Gasteiger partial charge in [-0.15, -0.1) is 11.3 Å². The molecule has 2 heterocycles. The van der Waals surface area contributed by atoms with Crippen LogP contribution in [-0.4, -0.2) is 55.1 Å². The third kappa shape index (κ3) is 4.74. The normalized spacial score (nSPS) is 16.6. The highest BCUT2D eigenvalue weighted by Crippen LogP contribution is 2.23. The summed E-state index contributed by atoms with van der Waals surface area (Å²) in [4.78, 5) is 17.5. The van der Waals surface area contributed by atoms with Gasteiger partial charge in [0.25, 0.3) is 0 Å². The first-order chi connectivity index (χ1) is 9.69. The molecule has 1 amide bonds. The molecular weight excluding hydrogens is 296 g/mol. The van der Waals surface area contributed by atoms with Gasteiger partial charge in [0.2, 0.25) is 5.91 Å². The second-order valence-corrected chi connectivity index (χ2v) is 6.61. The number of hydrogen-bond donors (Lipinski definition) is 0. The van der Waals surface area contributed by atoms with Gasteiger partial charge in [0.1, 0.15) is 0 Å². The summed E-state index contributed by atoms with van der Waals surface area (Å²) in [5.74, 6) is 0.206. The topological polar surface area (TPSA) is 32.8 Å². The molecule has 0 aromatic carbocycles. The van der Waals surface area contributed by atoms with Crippen LogP contribution in [0, 0.1) is 0 Å². The van der Waals surface area contributed by atoms with E-state index in [9.17, 15) is 4.79 Å². The minimum Gasteiger partial charge on any atom is -0.381 e. The van der Waals surface area contributed by atoms with Gasteiger partial charge in [0.05, 0.1) is 17.4 Å². The summed E-state index contributed by atoms with van der Waals surface area (Å²) in [6.07, 6.45) is 0.494. The van der Waals surface area contributed by atoms with Crippen molar-refractivity contribution in [2.24, 2.45) is 0 Å². The van der Waals surface area contributed by atoms with Crippen LogP contribution < -0.4 is 0 Å². The van der Waals surface area contributed by atoms with E-state index in [1.54, 1.807) is 11.3 Å². The first-order valence-corrected chi connectivity index (χ1v) is 8.20. The number of ether oxygens (including phenoxy) is 1. The maximum atomic E-state index is 12.0. The SMILES string of the molecule is CCOCCC(=O)N1CCN(Cc2ccc(Cl)s2)CC1. The molecule has 1 saturated heterocycles. The Bertz CT molecular complexity index is 431. The molecule has 1 aliphatic rings. The Hall–Kier alpha value is -0.620. The Balaban J connectivity index is 1.70. The fraction of sp³-hybridized carbons (Fsp3) is 0.643. The highest BCUT2D eigenvalue weighted by Gasteiger charge is 2.21. The van der Waals surface area contributed by atoms with Crippen LogP contribution in [-0.2, 0) is 16.1 Å². The van der Waals surface area contributed by atoms with Crippen molar-refractivity contribution in [3.8, 4) is 0 Å². The summed E-state index contributed by atoms with van der Waals surface area (Å²) in [7, 11) is 0. The molecule has 0 spiro atoms. The van der Waals surface area contributed by atoms with E-state index >= 15 is 0 Å². The Kier molecular flexibility index (Phi) is 6.29. The van der Waals surface area contributed by atoms with Crippen molar-refractivity contribution in [1.29, 1.82) is 0 Å². The minimum absolute atomic E-state index is 0.206. The van der Waals surface area contributed by atoms with Crippen LogP contribution in [0.4, 0.5) is 0 Å². The van der Waals surface area contributed by atoms with Gasteiger partial charge in [-0.1, -0.05) is 11.6 Å². The van der Waals surface area contributed by atoms with E-state index in [2.05, 4.69) is 11.0 Å². The fourth-order valence-corrected chi connectivity index (χ4v) is 3.40. The maximum absolute atomic E-state index is 12.0. The molecule has 0 atom stereocenters. The standard InChI is InChI=1S/C14H21ClN2O2S/c1-2-19-10-5-14(18)17-8-6-16(7-9-17)11-12-3-4-13(15)20-12/h3-4H,2,5-11H2,1H3. The minimum atomic E-state index is 0.206. The monoisotopic (exact) mass is 316 g/mol. The lowest BCUT2D eigenvalue weighted by atomic mass is 10.2. The highest BCUT2D eigenvalue weighted by atomic mass is 35.5. The van der Waals surface area contributed by atoms with E-state index in [-0.39, 0.29) is 5.91 Å². The predicted molar refractivity (Wildman–Crippen MR) is 82.3 cm³/mol. The number of carbonyl (C=O) groups is 1. The van der Waals surface area contributed by atoms with Crippen molar-refractivity contribution in [1.82, 2.24) is 9.80 Å². The van der Waals surface area contributed by atoms with Crippen LogP contribution in [0.1, 0.15) is 18.2 Å². The Morgan fingerprint density at radius 1 is 1.35 bits per heavy atom. The van der Waals surface area contributed by atoms with Crippen molar-refractivity contribution in [2.45, 2.75) is 19.9 Å². The third-order valence-corrected chi connectivity index (χ3v) is 4.61. The van der Waals surface area contributed by atoms with E-state index in [1.165, 1.54) is 4.88 Å². The average Bonchev–Trinajstić information content (AvgIpc) is 2.85. The molecule has 0 bridgehead atoms. The predicted octanol–water partition coefficient (Wildman–Crippen LogP) is 2.47. The van der Waals surface area contributed by atoms with Gasteiger partial charge in [-0.05, 0) is 19.1 Å². The molecule has 0 N–H and O–H groups in total. The number of nitrogens with zero attached hydrogens (tertiary/aromatic N) is 2. The molecule has 0 aliphatic carbocycles. The first kappa shape index (κ1) is 15.8. The number of thiophene rings is 1. The summed E-state index contributed by atoms with van der Waals surface area (Å²) in [6.45, 7) is 7.55. The van der Waals surface area contributed by atoms with Gasteiger partial charge in [0.15, 0.2) is 0 Å². The Morgan fingerprint density at radius 2 is 2.10 bits per heavy atom. The zero-order valence-corrected chi connectivity index (χ0v) is 13.4. The summed E-state index contributed by atoms with van der Waals surface area (Å²) < 4.78 is 6.07. The van der Waals surface area contributed by atoms with Crippen molar-refractivity contribution in [3.05, 3.63) is 21.3 Å². The highest BCUT2D eigenvalue weighted by molar-refractivity contribution is 7.16. The molecule has 2 rings (SSSR count). The van der Waals surface area contributed by atoms with Crippen LogP contribution in [0.15, 0.2) is 12.1 Å². The number of amides is 1. The third-order valence-electron chi connectivity index (χ3n) is 3.40. The molecule has 20 heavy (non-hydrogen) atoms. The van der Waals surface area contributed by atoms with Gasteiger partial charge in [-0.3, -0.25) is 9.69 Å². The first-order valence-electron chi connectivity index (χ1n) is 7.01. The molecule has 0 saturated carbocycles. The lowest BCUT2D eigenvalue weighted by Crippen LogP contribution is -2.48. The van der Waals surface area contributed by atoms with Gasteiger partial charge in [0, 0.05) is 44.2 Å². The van der Waals surface area contributed by atoms with E-state index in [0.29, 0.717) is 19.6 Å². The smallest absolute Gasteiger partial charge is 0.224 e. The molecule has 6 heteroatoms. The summed E-state index contributed by atoms with van der Waals surface area (Å²) >= 11 is 7.57. The second kappa shape index (κ2) is 7.98. The number of halogens is 1. The molecular formula is C14H21ClN2O2S. The van der Waals surface area contributed by atoms with Crippen LogP contribution in [0.25, 0.3) is 0 Å². The fourth-order valence-electron chi connectivity index (χ4n) is 2.27. The van der Waals surface area contributed by atoms with Crippen LogP contribution in [0.3, 0.4) is 0 Å². The van der Waals surface area contributed by atoms with E-state index in [0.717, 1.165) is 37.1 Å². The number of hydrogen-bond acceptors (Lipinski definition) is 4. The van der Waals surface area contributed by atoms with Crippen LogP contribution in [0.5, 0.6) is 0 Å². The van der Waals surface area contributed by atoms with Gasteiger partial charge in [-0.2, -0.15) is 0 Å². The van der Waals surface area contributed by atoms with Crippen LogP contribution >= 0.6 is 22.9 Å². The molecule has 0 radical (unpaired) electrons. The van der Waals surface area contributed by atoms with Gasteiger partial charge >= 0.3 is 0 Å². The number of carbonyl (C=O) groups excluding carboxylic acids is 1. The molecule has 1 fully saturated rings. The van der Waals surface area contributed by atoms with Crippen molar-refractivity contribution < 1.29 is 9.53 Å². The quantitative estimate of drug-likeness (QED) is 0.756. The molecule has 1 aliphatic heterocycles. The molecule has 112 valence electrons. The van der Waals surface area contributed by atoms with Crippen LogP contribution in [0.2, 0.25) is 4.34 Å². The Labute approximate surface area is 129 Å². The Morgan fingerprint density at radius 3 is 2.70 bits per heavy atom. The van der Waals surface area contributed by atoms with Crippen molar-refractivity contribution >= 4 is 28.8 Å². The summed E-state index contributed by atoms with van der Waals surface area (Å²) in [5, 5.41) is 0. The zero-order valence-electron chi connectivity index (χ0n) is 11.8. The number of rotatable bonds is 6. The molecule has 0 unspecified atom stereocenters. The van der Waals surface area contributed by atoms with E-state index in [4.69, 9.17) is 16.3 Å². The van der Waals surface area contributed by atoms with Crippen molar-refractivity contribution in [2.75, 3.05) is 39.4 Å². The molecule has 1 aromatic rings. The van der Waals surface area contributed by atoms with E-state index in [1.807, 2.05) is 17.9 Å². The van der Waals surface area contributed by atoms with Crippen molar-refractivity contribution in [3.63, 3.8) is 0 Å². The zero-order chi connectivity index (χ0) is 14.4. The van der Waals surface area contributed by atoms with Gasteiger partial charge < -0.3 is 9.64 Å². The largest absolute Gasteiger partial charge is 0.381 e. The lowest BCUT2D eigenvalue weighted by molar-refractivity contribution is -0.134. The molecule has 4 nitrogen and oxygen atoms in total. The summed E-state index contributed by atoms with van der Waals surface area (Å²) in [5.41, 5.74) is 0. The molecule has 1 aromatic heterocycles. The second-order valence-electron chi connectivity index (χ2n) is 4.81. The van der Waals surface area contributed by atoms with E-state index < -0.39 is 0 Å². The number of piperazine rings is 1. The lowest BCUT2D eigenvalue weighted by Gasteiger charge is -2.34. The summed E-state index contributed by atoms with van der Waals surface area (Å²) in [6, 6.07) is 4.02. The average molecular weight is 317 g/mol. The van der Waals surface area contributed by atoms with Gasteiger partial charge in [-0.25, -0.2) is 0 Å². The maximum Gasteiger partial charge on any atom is 0.224 e.